The van der Waals surface area contributed by atoms with Crippen molar-refractivity contribution in [3.8, 4) is 0 Å². The molecule has 4 heteroatoms. The lowest BCUT2D eigenvalue weighted by molar-refractivity contribution is 0.0518. The van der Waals surface area contributed by atoms with Crippen LogP contribution in [0.1, 0.15) is 33.4 Å². The summed E-state index contributed by atoms with van der Waals surface area (Å²) in [6.07, 6.45) is 5.04. The number of carbonyl (C=O) groups is 1. The van der Waals surface area contributed by atoms with Gasteiger partial charge in [0, 0.05) is 12.2 Å². The molecule has 18 heavy (non-hydrogen) atoms. The number of nitrogens with zero attached hydrogens (tertiary/aromatic N) is 1. The molecule has 1 aromatic heterocycles. The predicted molar refractivity (Wildman–Crippen MR) is 72.1 cm³/mol. The van der Waals surface area contributed by atoms with E-state index in [1.165, 1.54) is 0 Å². The Balaban J connectivity index is 2.45. The molecule has 4 nitrogen and oxygen atoms in total. The molecule has 0 radical (unpaired) electrons. The smallest absolute Gasteiger partial charge is 0.408 e. The molecule has 98 valence electrons. The minimum atomic E-state index is -0.478. The maximum absolute atomic E-state index is 11.5. The van der Waals surface area contributed by atoms with Crippen LogP contribution in [0.2, 0.25) is 0 Å². The summed E-state index contributed by atoms with van der Waals surface area (Å²) in [4.78, 5) is 15.7. The van der Waals surface area contributed by atoms with Crippen molar-refractivity contribution in [3.05, 3.63) is 36.2 Å². The molecule has 0 aliphatic carbocycles. The van der Waals surface area contributed by atoms with E-state index in [-0.39, 0.29) is 6.04 Å². The fourth-order valence-corrected chi connectivity index (χ4v) is 1.26. The Kier molecular flexibility index (Phi) is 4.89. The van der Waals surface area contributed by atoms with E-state index in [0.717, 1.165) is 5.69 Å². The molecule has 0 spiro atoms. The van der Waals surface area contributed by atoms with Crippen LogP contribution < -0.4 is 5.32 Å². The van der Waals surface area contributed by atoms with Crippen LogP contribution in [0.15, 0.2) is 30.5 Å². The first-order chi connectivity index (χ1) is 8.37. The summed E-state index contributed by atoms with van der Waals surface area (Å²) in [5.41, 5.74) is 0.379. The van der Waals surface area contributed by atoms with Crippen molar-refractivity contribution in [2.24, 2.45) is 0 Å². The van der Waals surface area contributed by atoms with Gasteiger partial charge in [0.1, 0.15) is 5.60 Å². The third-order valence-corrected chi connectivity index (χ3v) is 1.99. The van der Waals surface area contributed by atoms with Gasteiger partial charge < -0.3 is 10.1 Å². The lowest BCUT2D eigenvalue weighted by atomic mass is 10.2. The topological polar surface area (TPSA) is 51.2 Å². The van der Waals surface area contributed by atoms with Crippen molar-refractivity contribution in [2.45, 2.75) is 39.3 Å². The fraction of sp³-hybridized carbons (Fsp3) is 0.429. The van der Waals surface area contributed by atoms with Crippen molar-refractivity contribution >= 4 is 12.2 Å². The van der Waals surface area contributed by atoms with Crippen molar-refractivity contribution in [1.29, 1.82) is 0 Å². The first kappa shape index (κ1) is 14.2. The van der Waals surface area contributed by atoms with Crippen molar-refractivity contribution in [1.82, 2.24) is 10.3 Å². The molecule has 1 amide bonds. The zero-order valence-electron chi connectivity index (χ0n) is 11.3. The molecule has 1 atom stereocenters. The molecule has 1 rings (SSSR count). The maximum atomic E-state index is 11.5. The average molecular weight is 248 g/mol. The number of hydrogen-bond acceptors (Lipinski definition) is 3. The van der Waals surface area contributed by atoms with E-state index in [2.05, 4.69) is 10.3 Å². The molecule has 1 N–H and O–H groups in total. The molecule has 0 saturated heterocycles. The second-order valence-electron chi connectivity index (χ2n) is 5.05. The van der Waals surface area contributed by atoms with Gasteiger partial charge in [0.15, 0.2) is 0 Å². The van der Waals surface area contributed by atoms with Gasteiger partial charge in [-0.15, -0.1) is 0 Å². The van der Waals surface area contributed by atoms with Crippen LogP contribution in [0.5, 0.6) is 0 Å². The van der Waals surface area contributed by atoms with Gasteiger partial charge in [-0.25, -0.2) is 4.79 Å². The van der Waals surface area contributed by atoms with Crippen molar-refractivity contribution in [2.75, 3.05) is 0 Å². The van der Waals surface area contributed by atoms with Crippen LogP contribution >= 0.6 is 0 Å². The van der Waals surface area contributed by atoms with Gasteiger partial charge in [-0.2, -0.15) is 0 Å². The zero-order valence-corrected chi connectivity index (χ0v) is 11.3. The molecule has 0 saturated carbocycles. The highest BCUT2D eigenvalue weighted by atomic mass is 16.6. The Morgan fingerprint density at radius 2 is 2.17 bits per heavy atom. The Bertz CT molecular complexity index is 408. The maximum Gasteiger partial charge on any atom is 0.408 e. The molecule has 1 aromatic rings. The predicted octanol–water partition coefficient (Wildman–Crippen LogP) is 3.01. The second-order valence-corrected chi connectivity index (χ2v) is 5.05. The standard InChI is InChI=1S/C14H20N2O2/c1-11(16-13(17)18-14(2,3)4)8-9-12-7-5-6-10-15-12/h5-11H,1-4H3,(H,16,17)/t11-/m0/s1. The van der Waals surface area contributed by atoms with E-state index in [1.807, 2.05) is 58.0 Å². The van der Waals surface area contributed by atoms with Crippen LogP contribution in [0.4, 0.5) is 4.79 Å². The molecular weight excluding hydrogens is 228 g/mol. The third kappa shape index (κ3) is 6.03. The van der Waals surface area contributed by atoms with E-state index in [9.17, 15) is 4.79 Å². The average Bonchev–Trinajstić information content (AvgIpc) is 2.25. The number of rotatable bonds is 3. The molecule has 0 aliphatic rings. The summed E-state index contributed by atoms with van der Waals surface area (Å²) in [6, 6.07) is 5.57. The van der Waals surface area contributed by atoms with Crippen LogP contribution in [0.3, 0.4) is 0 Å². The molecule has 0 aromatic carbocycles. The molecule has 0 aliphatic heterocycles. The third-order valence-electron chi connectivity index (χ3n) is 1.99. The minimum Gasteiger partial charge on any atom is -0.444 e. The number of ether oxygens (including phenoxy) is 1. The van der Waals surface area contributed by atoms with Crippen LogP contribution in [-0.2, 0) is 4.74 Å². The Labute approximate surface area is 108 Å². The van der Waals surface area contributed by atoms with E-state index in [0.29, 0.717) is 0 Å². The Morgan fingerprint density at radius 1 is 1.44 bits per heavy atom. The van der Waals surface area contributed by atoms with Gasteiger partial charge in [-0.3, -0.25) is 4.98 Å². The van der Waals surface area contributed by atoms with Gasteiger partial charge in [-0.05, 0) is 45.9 Å². The fourth-order valence-electron chi connectivity index (χ4n) is 1.26. The van der Waals surface area contributed by atoms with Gasteiger partial charge in [0.2, 0.25) is 0 Å². The number of hydrogen-bond donors (Lipinski definition) is 1. The molecule has 0 fully saturated rings. The summed E-state index contributed by atoms with van der Waals surface area (Å²) < 4.78 is 5.16. The van der Waals surface area contributed by atoms with E-state index < -0.39 is 11.7 Å². The minimum absolute atomic E-state index is 0.109. The summed E-state index contributed by atoms with van der Waals surface area (Å²) in [7, 11) is 0. The van der Waals surface area contributed by atoms with Crippen LogP contribution in [-0.4, -0.2) is 22.7 Å². The first-order valence-electron chi connectivity index (χ1n) is 5.95. The lowest BCUT2D eigenvalue weighted by Crippen LogP contribution is -2.36. The van der Waals surface area contributed by atoms with Gasteiger partial charge in [0.05, 0.1) is 5.69 Å². The number of amides is 1. The molecular formula is C14H20N2O2. The van der Waals surface area contributed by atoms with E-state index >= 15 is 0 Å². The lowest BCUT2D eigenvalue weighted by Gasteiger charge is -2.20. The monoisotopic (exact) mass is 248 g/mol. The van der Waals surface area contributed by atoms with Crippen LogP contribution in [0, 0.1) is 0 Å². The SMILES string of the molecule is C[C@@H](C=Cc1ccccn1)NC(=O)OC(C)(C)C. The van der Waals surface area contributed by atoms with Gasteiger partial charge in [0.25, 0.3) is 0 Å². The molecule has 1 heterocycles. The van der Waals surface area contributed by atoms with Gasteiger partial charge >= 0.3 is 6.09 Å². The van der Waals surface area contributed by atoms with E-state index in [1.54, 1.807) is 6.20 Å². The Hall–Kier alpha value is -1.84. The summed E-state index contributed by atoms with van der Waals surface area (Å²) in [6.45, 7) is 7.38. The largest absolute Gasteiger partial charge is 0.444 e. The summed E-state index contributed by atoms with van der Waals surface area (Å²) >= 11 is 0. The summed E-state index contributed by atoms with van der Waals surface area (Å²) in [5, 5.41) is 2.73. The van der Waals surface area contributed by atoms with Gasteiger partial charge in [-0.1, -0.05) is 12.1 Å². The number of alkyl carbamates (subject to hydrolysis) is 1. The number of nitrogens with one attached hydrogen (secondary N) is 1. The highest BCUT2D eigenvalue weighted by Gasteiger charge is 2.16. The van der Waals surface area contributed by atoms with Crippen LogP contribution in [0.25, 0.3) is 6.08 Å². The zero-order chi connectivity index (χ0) is 13.6. The highest BCUT2D eigenvalue weighted by Crippen LogP contribution is 2.07. The van der Waals surface area contributed by atoms with Crippen molar-refractivity contribution < 1.29 is 9.53 Å². The number of pyridine rings is 1. The normalized spacial score (nSPS) is 13.3. The Morgan fingerprint density at radius 3 is 2.72 bits per heavy atom. The first-order valence-corrected chi connectivity index (χ1v) is 5.95. The second kappa shape index (κ2) is 6.19. The van der Waals surface area contributed by atoms with E-state index in [4.69, 9.17) is 4.74 Å². The quantitative estimate of drug-likeness (QED) is 0.894. The summed E-state index contributed by atoms with van der Waals surface area (Å²) in [5.74, 6) is 0. The molecule has 0 bridgehead atoms. The molecule has 0 unspecified atom stereocenters. The number of carbonyl (C=O) groups excluding carboxylic acids is 1. The highest BCUT2D eigenvalue weighted by molar-refractivity contribution is 5.68. The number of aromatic nitrogens is 1. The van der Waals surface area contributed by atoms with Crippen molar-refractivity contribution in [3.63, 3.8) is 0 Å².